The number of nitrogens with two attached hydrogens (primary N) is 2. The Morgan fingerprint density at radius 1 is 1.30 bits per heavy atom. The maximum absolute atomic E-state index is 8.63. The summed E-state index contributed by atoms with van der Waals surface area (Å²) in [7, 11) is 0. The molecular formula is C19H25N5O3. The molecule has 0 aliphatic carbocycles. The topological polar surface area (TPSA) is 120 Å². The minimum Gasteiger partial charge on any atom is -0.484 e. The number of piperidine rings is 1. The molecule has 0 radical (unpaired) electrons. The fourth-order valence-corrected chi connectivity index (χ4v) is 3.19. The third kappa shape index (κ3) is 4.83. The molecule has 27 heavy (non-hydrogen) atoms. The summed E-state index contributed by atoms with van der Waals surface area (Å²) in [5, 5.41) is 8.63. The summed E-state index contributed by atoms with van der Waals surface area (Å²) >= 11 is 0. The van der Waals surface area contributed by atoms with Crippen LogP contribution in [0.1, 0.15) is 31.5 Å². The van der Waals surface area contributed by atoms with E-state index >= 15 is 0 Å². The van der Waals surface area contributed by atoms with Crippen molar-refractivity contribution >= 4 is 0 Å². The quantitative estimate of drug-likeness (QED) is 0.455. The van der Waals surface area contributed by atoms with Crippen LogP contribution in [0.3, 0.4) is 0 Å². The van der Waals surface area contributed by atoms with E-state index < -0.39 is 0 Å². The Morgan fingerprint density at radius 2 is 2.04 bits per heavy atom. The Hall–Kier alpha value is -2.92. The number of hydrogen-bond donors (Lipinski definition) is 2. The Morgan fingerprint density at radius 3 is 2.78 bits per heavy atom. The molecule has 144 valence electrons. The molecule has 0 bridgehead atoms. The summed E-state index contributed by atoms with van der Waals surface area (Å²) in [6, 6.07) is 5.92. The van der Waals surface area contributed by atoms with E-state index in [4.69, 9.17) is 30.9 Å². The normalized spacial score (nSPS) is 20.0. The summed E-state index contributed by atoms with van der Waals surface area (Å²) in [6.07, 6.45) is 4.74. The summed E-state index contributed by atoms with van der Waals surface area (Å²) in [5.41, 5.74) is 12.3. The largest absolute Gasteiger partial charge is 0.484 e. The number of likely N-dealkylation sites (tertiary alicyclic amines) is 1. The van der Waals surface area contributed by atoms with Gasteiger partial charge >= 0.3 is 0 Å². The molecule has 3 rings (SSSR count). The molecule has 1 aromatic rings. The molecule has 0 spiro atoms. The van der Waals surface area contributed by atoms with Crippen LogP contribution in [0.5, 0.6) is 11.6 Å². The lowest BCUT2D eigenvalue weighted by atomic mass is 10.0. The van der Waals surface area contributed by atoms with Crippen LogP contribution in [0, 0.1) is 11.3 Å². The van der Waals surface area contributed by atoms with Crippen LogP contribution in [0.4, 0.5) is 0 Å². The molecule has 1 saturated heterocycles. The van der Waals surface area contributed by atoms with Gasteiger partial charge in [-0.05, 0) is 38.0 Å². The van der Waals surface area contributed by atoms with Crippen molar-refractivity contribution in [2.24, 2.45) is 11.5 Å². The SMILES string of the molecule is CC(c1ccc2c(n1)OCCO2)N1CCC(O/C(N)=C/C=C(\N)C#N)CC1. The Kier molecular flexibility index (Phi) is 6.04. The van der Waals surface area contributed by atoms with Crippen molar-refractivity contribution in [3.63, 3.8) is 0 Å². The van der Waals surface area contributed by atoms with Crippen molar-refractivity contribution in [1.29, 1.82) is 5.26 Å². The van der Waals surface area contributed by atoms with E-state index in [2.05, 4.69) is 16.8 Å². The Bertz CT molecular complexity index is 763. The van der Waals surface area contributed by atoms with Crippen LogP contribution in [0.15, 0.2) is 35.9 Å². The minimum atomic E-state index is 0.0506. The van der Waals surface area contributed by atoms with Crippen molar-refractivity contribution in [3.05, 3.63) is 41.6 Å². The smallest absolute Gasteiger partial charge is 0.257 e. The maximum Gasteiger partial charge on any atom is 0.257 e. The van der Waals surface area contributed by atoms with Crippen LogP contribution in [0.25, 0.3) is 0 Å². The van der Waals surface area contributed by atoms with E-state index in [0.29, 0.717) is 24.8 Å². The first-order chi connectivity index (χ1) is 13.1. The first kappa shape index (κ1) is 18.9. The lowest BCUT2D eigenvalue weighted by molar-refractivity contribution is 0.0357. The van der Waals surface area contributed by atoms with Crippen LogP contribution >= 0.6 is 0 Å². The molecule has 1 fully saturated rings. The van der Waals surface area contributed by atoms with Gasteiger partial charge in [0.1, 0.15) is 31.1 Å². The average Bonchev–Trinajstić information content (AvgIpc) is 2.71. The van der Waals surface area contributed by atoms with Crippen molar-refractivity contribution in [2.45, 2.75) is 31.9 Å². The van der Waals surface area contributed by atoms with Crippen molar-refractivity contribution < 1.29 is 14.2 Å². The highest BCUT2D eigenvalue weighted by Crippen LogP contribution is 2.31. The fourth-order valence-electron chi connectivity index (χ4n) is 3.19. The third-order valence-corrected chi connectivity index (χ3v) is 4.74. The number of rotatable bonds is 5. The number of fused-ring (bicyclic) bond motifs is 1. The molecule has 8 nitrogen and oxygen atoms in total. The number of nitrogens with zero attached hydrogens (tertiary/aromatic N) is 3. The molecule has 2 aliphatic rings. The summed E-state index contributed by atoms with van der Waals surface area (Å²) in [5.74, 6) is 1.55. The summed E-state index contributed by atoms with van der Waals surface area (Å²) in [4.78, 5) is 6.98. The van der Waals surface area contributed by atoms with Crippen molar-refractivity contribution in [1.82, 2.24) is 9.88 Å². The van der Waals surface area contributed by atoms with E-state index in [1.54, 1.807) is 0 Å². The zero-order chi connectivity index (χ0) is 19.2. The molecule has 2 aliphatic heterocycles. The summed E-state index contributed by atoms with van der Waals surface area (Å²) < 4.78 is 16.9. The molecule has 3 heterocycles. The van der Waals surface area contributed by atoms with E-state index in [0.717, 1.165) is 31.6 Å². The van der Waals surface area contributed by atoms with Crippen molar-refractivity contribution in [3.8, 4) is 17.7 Å². The van der Waals surface area contributed by atoms with E-state index in [9.17, 15) is 0 Å². The second-order valence-corrected chi connectivity index (χ2v) is 6.57. The predicted molar refractivity (Wildman–Crippen MR) is 99.5 cm³/mol. The van der Waals surface area contributed by atoms with Gasteiger partial charge in [-0.15, -0.1) is 0 Å². The van der Waals surface area contributed by atoms with Crippen LogP contribution in [0.2, 0.25) is 0 Å². The van der Waals surface area contributed by atoms with Crippen LogP contribution in [-0.2, 0) is 4.74 Å². The van der Waals surface area contributed by atoms with Gasteiger partial charge in [0.25, 0.3) is 5.88 Å². The second-order valence-electron chi connectivity index (χ2n) is 6.57. The van der Waals surface area contributed by atoms with E-state index in [-0.39, 0.29) is 23.7 Å². The standard InChI is InChI=1S/C19H25N5O3/c1-13(16-3-4-17-19(23-16)26-11-10-25-17)24-8-6-15(7-9-24)27-18(22)5-2-14(21)12-20/h2-5,13,15H,6-11,21-22H2,1H3/b14-2-,18-5+. The van der Waals surface area contributed by atoms with Crippen LogP contribution < -0.4 is 20.9 Å². The van der Waals surface area contributed by atoms with Gasteiger partial charge in [0.2, 0.25) is 0 Å². The highest BCUT2D eigenvalue weighted by Gasteiger charge is 2.26. The number of aromatic nitrogens is 1. The number of pyridine rings is 1. The number of ether oxygens (including phenoxy) is 3. The molecular weight excluding hydrogens is 346 g/mol. The Balaban J connectivity index is 1.54. The van der Waals surface area contributed by atoms with Gasteiger partial charge in [-0.2, -0.15) is 5.26 Å². The van der Waals surface area contributed by atoms with Gasteiger partial charge in [0.05, 0.1) is 5.69 Å². The van der Waals surface area contributed by atoms with Gasteiger partial charge < -0.3 is 25.7 Å². The average molecular weight is 371 g/mol. The van der Waals surface area contributed by atoms with Gasteiger partial charge in [0.15, 0.2) is 11.6 Å². The summed E-state index contributed by atoms with van der Waals surface area (Å²) in [6.45, 7) is 5.00. The molecule has 8 heteroatoms. The Labute approximate surface area is 159 Å². The van der Waals surface area contributed by atoms with E-state index in [1.165, 1.54) is 12.2 Å². The molecule has 4 N–H and O–H groups in total. The second kappa shape index (κ2) is 8.64. The lowest BCUT2D eigenvalue weighted by Crippen LogP contribution is -2.39. The molecule has 0 aromatic carbocycles. The van der Waals surface area contributed by atoms with Crippen LogP contribution in [-0.4, -0.2) is 42.3 Å². The van der Waals surface area contributed by atoms with Gasteiger partial charge in [-0.1, -0.05) is 0 Å². The van der Waals surface area contributed by atoms with Crippen molar-refractivity contribution in [2.75, 3.05) is 26.3 Å². The molecule has 1 unspecified atom stereocenters. The number of allylic oxidation sites excluding steroid dienone is 3. The molecule has 1 aromatic heterocycles. The van der Waals surface area contributed by atoms with Gasteiger partial charge in [-0.25, -0.2) is 4.98 Å². The highest BCUT2D eigenvalue weighted by atomic mass is 16.6. The first-order valence-corrected chi connectivity index (χ1v) is 9.07. The molecule has 1 atom stereocenters. The predicted octanol–water partition coefficient (Wildman–Crippen LogP) is 1.56. The fraction of sp³-hybridized carbons (Fsp3) is 0.474. The molecule has 0 saturated carbocycles. The maximum atomic E-state index is 8.63. The number of nitriles is 1. The minimum absolute atomic E-state index is 0.0506. The monoisotopic (exact) mass is 371 g/mol. The highest BCUT2D eigenvalue weighted by molar-refractivity contribution is 5.36. The third-order valence-electron chi connectivity index (χ3n) is 4.74. The lowest BCUT2D eigenvalue weighted by Gasteiger charge is -2.36. The van der Waals surface area contributed by atoms with Gasteiger partial charge in [-0.3, -0.25) is 4.90 Å². The van der Waals surface area contributed by atoms with E-state index in [1.807, 2.05) is 18.2 Å². The number of hydrogen-bond acceptors (Lipinski definition) is 8. The molecule has 0 amide bonds. The zero-order valence-electron chi connectivity index (χ0n) is 15.4. The zero-order valence-corrected chi connectivity index (χ0v) is 15.4. The van der Waals surface area contributed by atoms with Gasteiger partial charge in [0, 0.05) is 25.2 Å². The first-order valence-electron chi connectivity index (χ1n) is 9.07.